The first-order chi connectivity index (χ1) is 12.6. The Bertz CT molecular complexity index is 677. The molecule has 0 spiro atoms. The van der Waals surface area contributed by atoms with E-state index in [0.29, 0.717) is 44.9 Å². The predicted molar refractivity (Wildman–Crippen MR) is 96.4 cm³/mol. The van der Waals surface area contributed by atoms with Gasteiger partial charge < -0.3 is 15.0 Å². The van der Waals surface area contributed by atoms with Crippen molar-refractivity contribution in [2.45, 2.75) is 52.0 Å². The van der Waals surface area contributed by atoms with E-state index in [0.717, 1.165) is 24.2 Å². The lowest BCUT2D eigenvalue weighted by Gasteiger charge is -2.31. The largest absolute Gasteiger partial charge is 0.383 e. The molecule has 1 N–H and O–H groups in total. The molecule has 7 heteroatoms. The SMILES string of the molecule is COCCN1CC(C(=O)NCc2nc(C)c3c(n2)CCCC3)CCC1=O. The summed E-state index contributed by atoms with van der Waals surface area (Å²) in [5.74, 6) is 0.571. The van der Waals surface area contributed by atoms with Gasteiger partial charge in [0.05, 0.1) is 19.1 Å². The van der Waals surface area contributed by atoms with Crippen molar-refractivity contribution in [3.8, 4) is 0 Å². The van der Waals surface area contributed by atoms with Gasteiger partial charge in [-0.25, -0.2) is 9.97 Å². The predicted octanol–water partition coefficient (Wildman–Crippen LogP) is 1.17. The molecular weight excluding hydrogens is 332 g/mol. The van der Waals surface area contributed by atoms with Crippen LogP contribution in [0.2, 0.25) is 0 Å². The Morgan fingerprint density at radius 1 is 1.27 bits per heavy atom. The number of carbonyl (C=O) groups is 2. The molecule has 0 radical (unpaired) electrons. The highest BCUT2D eigenvalue weighted by Gasteiger charge is 2.30. The number of likely N-dealkylation sites (tertiary alicyclic amines) is 1. The van der Waals surface area contributed by atoms with Crippen LogP contribution in [0.4, 0.5) is 0 Å². The molecule has 0 aromatic carbocycles. The minimum Gasteiger partial charge on any atom is -0.383 e. The third-order valence-corrected chi connectivity index (χ3v) is 5.29. The standard InChI is InChI=1S/C19H28N4O3/c1-13-15-5-3-4-6-16(15)22-17(21-13)11-20-19(25)14-7-8-18(24)23(12-14)9-10-26-2/h14H,3-12H2,1-2H3,(H,20,25). The first-order valence-electron chi connectivity index (χ1n) is 9.48. The zero-order chi connectivity index (χ0) is 18.5. The molecule has 1 atom stereocenters. The highest BCUT2D eigenvalue weighted by atomic mass is 16.5. The van der Waals surface area contributed by atoms with E-state index in [4.69, 9.17) is 4.74 Å². The van der Waals surface area contributed by atoms with E-state index in [9.17, 15) is 9.59 Å². The first-order valence-corrected chi connectivity index (χ1v) is 9.48. The number of piperidine rings is 1. The van der Waals surface area contributed by atoms with Crippen molar-refractivity contribution in [2.75, 3.05) is 26.8 Å². The summed E-state index contributed by atoms with van der Waals surface area (Å²) >= 11 is 0. The second-order valence-electron chi connectivity index (χ2n) is 7.14. The first kappa shape index (κ1) is 18.8. The zero-order valence-electron chi connectivity index (χ0n) is 15.7. The summed E-state index contributed by atoms with van der Waals surface area (Å²) in [7, 11) is 1.61. The number of nitrogens with one attached hydrogen (secondary N) is 1. The van der Waals surface area contributed by atoms with Crippen LogP contribution in [-0.4, -0.2) is 53.5 Å². The van der Waals surface area contributed by atoms with Gasteiger partial charge in [-0.3, -0.25) is 9.59 Å². The lowest BCUT2D eigenvalue weighted by atomic mass is 9.95. The van der Waals surface area contributed by atoms with Crippen LogP contribution in [0.3, 0.4) is 0 Å². The van der Waals surface area contributed by atoms with Crippen LogP contribution in [0.5, 0.6) is 0 Å². The topological polar surface area (TPSA) is 84.4 Å². The molecule has 1 fully saturated rings. The van der Waals surface area contributed by atoms with Gasteiger partial charge in [-0.1, -0.05) is 0 Å². The van der Waals surface area contributed by atoms with Crippen molar-refractivity contribution in [3.63, 3.8) is 0 Å². The average Bonchev–Trinajstić information content (AvgIpc) is 2.65. The lowest BCUT2D eigenvalue weighted by Crippen LogP contribution is -2.46. The Morgan fingerprint density at radius 3 is 2.88 bits per heavy atom. The molecule has 0 saturated carbocycles. The van der Waals surface area contributed by atoms with Crippen LogP contribution in [0, 0.1) is 12.8 Å². The number of aryl methyl sites for hydroxylation is 2. The summed E-state index contributed by atoms with van der Waals surface area (Å²) in [6.07, 6.45) is 5.43. The maximum absolute atomic E-state index is 12.5. The number of hydrogen-bond acceptors (Lipinski definition) is 5. The highest BCUT2D eigenvalue weighted by Crippen LogP contribution is 2.22. The lowest BCUT2D eigenvalue weighted by molar-refractivity contribution is -0.139. The summed E-state index contributed by atoms with van der Waals surface area (Å²) in [6.45, 7) is 3.85. The summed E-state index contributed by atoms with van der Waals surface area (Å²) in [5.41, 5.74) is 3.46. The molecule has 1 aromatic rings. The second kappa shape index (κ2) is 8.58. The van der Waals surface area contributed by atoms with E-state index in [1.807, 2.05) is 6.92 Å². The number of nitrogens with zero attached hydrogens (tertiary/aromatic N) is 3. The van der Waals surface area contributed by atoms with Gasteiger partial charge in [-0.15, -0.1) is 0 Å². The Labute approximate surface area is 154 Å². The van der Waals surface area contributed by atoms with Crippen molar-refractivity contribution in [2.24, 2.45) is 5.92 Å². The normalized spacial score (nSPS) is 20.0. The van der Waals surface area contributed by atoms with Gasteiger partial charge in [0, 0.05) is 38.0 Å². The number of ether oxygens (including phenoxy) is 1. The molecule has 2 aliphatic rings. The van der Waals surface area contributed by atoms with Crippen LogP contribution in [0.15, 0.2) is 0 Å². The average molecular weight is 360 g/mol. The third kappa shape index (κ3) is 4.38. The van der Waals surface area contributed by atoms with Gasteiger partial charge in [-0.2, -0.15) is 0 Å². The highest BCUT2D eigenvalue weighted by molar-refractivity contribution is 5.83. The van der Waals surface area contributed by atoms with Crippen molar-refractivity contribution < 1.29 is 14.3 Å². The van der Waals surface area contributed by atoms with Crippen molar-refractivity contribution in [1.29, 1.82) is 0 Å². The molecular formula is C19H28N4O3. The molecule has 142 valence electrons. The van der Waals surface area contributed by atoms with E-state index >= 15 is 0 Å². The van der Waals surface area contributed by atoms with Crippen LogP contribution < -0.4 is 5.32 Å². The number of methoxy groups -OCH3 is 1. The monoisotopic (exact) mass is 360 g/mol. The van der Waals surface area contributed by atoms with Gasteiger partial charge >= 0.3 is 0 Å². The molecule has 2 amide bonds. The molecule has 1 aliphatic carbocycles. The van der Waals surface area contributed by atoms with Gasteiger partial charge in [0.1, 0.15) is 5.82 Å². The third-order valence-electron chi connectivity index (χ3n) is 5.29. The van der Waals surface area contributed by atoms with Crippen molar-refractivity contribution >= 4 is 11.8 Å². The van der Waals surface area contributed by atoms with Gasteiger partial charge in [0.15, 0.2) is 0 Å². The quantitative estimate of drug-likeness (QED) is 0.823. The fourth-order valence-corrected chi connectivity index (χ4v) is 3.78. The summed E-state index contributed by atoms with van der Waals surface area (Å²) in [6, 6.07) is 0. The summed E-state index contributed by atoms with van der Waals surface area (Å²) in [5, 5.41) is 2.96. The number of carbonyl (C=O) groups excluding carboxylic acids is 2. The molecule has 1 unspecified atom stereocenters. The number of rotatable bonds is 6. The molecule has 26 heavy (non-hydrogen) atoms. The minimum atomic E-state index is -0.178. The molecule has 1 aromatic heterocycles. The Balaban J connectivity index is 1.57. The Kier molecular flexibility index (Phi) is 6.19. The number of hydrogen-bond donors (Lipinski definition) is 1. The maximum Gasteiger partial charge on any atom is 0.225 e. The van der Waals surface area contributed by atoms with E-state index in [-0.39, 0.29) is 17.7 Å². The van der Waals surface area contributed by atoms with Crippen LogP contribution >= 0.6 is 0 Å². The number of amides is 2. The molecule has 0 bridgehead atoms. The molecule has 7 nitrogen and oxygen atoms in total. The van der Waals surface area contributed by atoms with Gasteiger partial charge in [-0.05, 0) is 44.6 Å². The summed E-state index contributed by atoms with van der Waals surface area (Å²) in [4.78, 5) is 35.4. The molecule has 3 rings (SSSR count). The fraction of sp³-hybridized carbons (Fsp3) is 0.684. The fourth-order valence-electron chi connectivity index (χ4n) is 3.78. The van der Waals surface area contributed by atoms with E-state index in [1.54, 1.807) is 12.0 Å². The number of aromatic nitrogens is 2. The maximum atomic E-state index is 12.5. The van der Waals surface area contributed by atoms with Crippen LogP contribution in [0.25, 0.3) is 0 Å². The smallest absolute Gasteiger partial charge is 0.225 e. The van der Waals surface area contributed by atoms with E-state index in [2.05, 4.69) is 15.3 Å². The molecule has 2 heterocycles. The Morgan fingerprint density at radius 2 is 2.08 bits per heavy atom. The number of fused-ring (bicyclic) bond motifs is 1. The van der Waals surface area contributed by atoms with Gasteiger partial charge in [0.2, 0.25) is 11.8 Å². The van der Waals surface area contributed by atoms with Crippen molar-refractivity contribution in [1.82, 2.24) is 20.2 Å². The van der Waals surface area contributed by atoms with Crippen LogP contribution in [0.1, 0.15) is 48.5 Å². The van der Waals surface area contributed by atoms with E-state index in [1.165, 1.54) is 18.4 Å². The second-order valence-corrected chi connectivity index (χ2v) is 7.14. The van der Waals surface area contributed by atoms with Gasteiger partial charge in [0.25, 0.3) is 0 Å². The minimum absolute atomic E-state index is 0.0288. The zero-order valence-corrected chi connectivity index (χ0v) is 15.7. The van der Waals surface area contributed by atoms with Crippen molar-refractivity contribution in [3.05, 3.63) is 22.8 Å². The van der Waals surface area contributed by atoms with E-state index < -0.39 is 0 Å². The Hall–Kier alpha value is -2.02. The molecule has 1 saturated heterocycles. The van der Waals surface area contributed by atoms with Crippen LogP contribution in [-0.2, 0) is 33.7 Å². The summed E-state index contributed by atoms with van der Waals surface area (Å²) < 4.78 is 5.04. The molecule has 1 aliphatic heterocycles.